The van der Waals surface area contributed by atoms with E-state index in [1.54, 1.807) is 11.8 Å². The van der Waals surface area contributed by atoms with E-state index >= 15 is 0 Å². The lowest BCUT2D eigenvalue weighted by Gasteiger charge is -2.08. The van der Waals surface area contributed by atoms with Gasteiger partial charge in [-0.15, -0.1) is 0 Å². The van der Waals surface area contributed by atoms with Gasteiger partial charge in [-0.3, -0.25) is 4.68 Å². The summed E-state index contributed by atoms with van der Waals surface area (Å²) in [6, 6.07) is 0. The first kappa shape index (κ1) is 12.8. The van der Waals surface area contributed by atoms with Crippen molar-refractivity contribution in [1.29, 1.82) is 0 Å². The summed E-state index contributed by atoms with van der Waals surface area (Å²) in [5, 5.41) is 7.40. The normalized spacial score (nSPS) is 10.7. The minimum Gasteiger partial charge on any atom is -0.394 e. The maximum absolute atomic E-state index is 5.86. The Kier molecular flexibility index (Phi) is 5.07. The Morgan fingerprint density at radius 2 is 2.12 bits per heavy atom. The van der Waals surface area contributed by atoms with Gasteiger partial charge in [-0.25, -0.2) is 0 Å². The van der Waals surface area contributed by atoms with Gasteiger partial charge in [0.2, 0.25) is 0 Å². The molecule has 0 radical (unpaired) electrons. The van der Waals surface area contributed by atoms with Gasteiger partial charge in [-0.1, -0.05) is 0 Å². The molecule has 0 amide bonds. The molecule has 1 aromatic rings. The second-order valence-electron chi connectivity index (χ2n) is 3.50. The van der Waals surface area contributed by atoms with Crippen molar-refractivity contribution >= 4 is 11.5 Å². The van der Waals surface area contributed by atoms with E-state index in [2.05, 4.69) is 10.4 Å². The Morgan fingerprint density at radius 1 is 1.38 bits per heavy atom. The van der Waals surface area contributed by atoms with Crippen LogP contribution >= 0.6 is 0 Å². The largest absolute Gasteiger partial charge is 0.394 e. The summed E-state index contributed by atoms with van der Waals surface area (Å²) in [5.41, 5.74) is 7.39. The number of nitrogens with one attached hydrogen (secondary N) is 1. The lowest BCUT2D eigenvalue weighted by molar-refractivity contribution is 0.0759. The van der Waals surface area contributed by atoms with Gasteiger partial charge in [0.05, 0.1) is 31.2 Å². The number of nitrogen functional groups attached to an aromatic ring is 1. The molecule has 0 saturated heterocycles. The van der Waals surface area contributed by atoms with E-state index in [1.165, 1.54) is 0 Å². The first-order valence-electron chi connectivity index (χ1n) is 5.26. The van der Waals surface area contributed by atoms with Gasteiger partial charge in [-0.05, 0) is 6.92 Å². The predicted octanol–water partition coefficient (Wildman–Crippen LogP) is 0.386. The quantitative estimate of drug-likeness (QED) is 0.660. The monoisotopic (exact) mass is 228 g/mol. The highest BCUT2D eigenvalue weighted by molar-refractivity contribution is 5.64. The molecule has 0 aliphatic carbocycles. The fourth-order valence-corrected chi connectivity index (χ4v) is 1.37. The molecule has 0 unspecified atom stereocenters. The van der Waals surface area contributed by atoms with E-state index < -0.39 is 0 Å². The first-order valence-corrected chi connectivity index (χ1v) is 5.26. The predicted molar refractivity (Wildman–Crippen MR) is 63.5 cm³/mol. The van der Waals surface area contributed by atoms with Gasteiger partial charge in [0.1, 0.15) is 5.82 Å². The SMILES string of the molecule is COCCOCCNc1c(N)c(C)nn1C. The topological polar surface area (TPSA) is 74.3 Å². The molecule has 0 atom stereocenters. The molecule has 0 spiro atoms. The molecular formula is C10H20N4O2. The van der Waals surface area contributed by atoms with Gasteiger partial charge < -0.3 is 20.5 Å². The van der Waals surface area contributed by atoms with Crippen LogP contribution in [0.25, 0.3) is 0 Å². The number of aryl methyl sites for hydroxylation is 2. The molecule has 0 aromatic carbocycles. The smallest absolute Gasteiger partial charge is 0.147 e. The van der Waals surface area contributed by atoms with Crippen LogP contribution in [0.4, 0.5) is 11.5 Å². The van der Waals surface area contributed by atoms with Crippen molar-refractivity contribution in [2.45, 2.75) is 6.92 Å². The summed E-state index contributed by atoms with van der Waals surface area (Å²) >= 11 is 0. The Morgan fingerprint density at radius 3 is 2.69 bits per heavy atom. The van der Waals surface area contributed by atoms with Crippen LogP contribution in [0.2, 0.25) is 0 Å². The third-order valence-corrected chi connectivity index (χ3v) is 2.24. The average Bonchev–Trinajstić information content (AvgIpc) is 2.49. The van der Waals surface area contributed by atoms with Crippen LogP contribution in [0.3, 0.4) is 0 Å². The van der Waals surface area contributed by atoms with Gasteiger partial charge in [0.25, 0.3) is 0 Å². The summed E-state index contributed by atoms with van der Waals surface area (Å²) in [7, 11) is 3.51. The number of hydrogen-bond acceptors (Lipinski definition) is 5. The molecule has 16 heavy (non-hydrogen) atoms. The summed E-state index contributed by atoms with van der Waals surface area (Å²) in [5.74, 6) is 0.841. The highest BCUT2D eigenvalue weighted by atomic mass is 16.5. The second kappa shape index (κ2) is 6.34. The number of hydrogen-bond donors (Lipinski definition) is 2. The Labute approximate surface area is 95.7 Å². The minimum absolute atomic E-state index is 0.609. The molecule has 0 aliphatic rings. The van der Waals surface area contributed by atoms with Crippen LogP contribution in [0.1, 0.15) is 5.69 Å². The summed E-state index contributed by atoms with van der Waals surface area (Å²) in [6.07, 6.45) is 0. The van der Waals surface area contributed by atoms with E-state index in [1.807, 2.05) is 14.0 Å². The molecule has 6 nitrogen and oxygen atoms in total. The van der Waals surface area contributed by atoms with Crippen LogP contribution < -0.4 is 11.1 Å². The zero-order chi connectivity index (χ0) is 12.0. The molecule has 6 heteroatoms. The van der Waals surface area contributed by atoms with Crippen LogP contribution in [-0.2, 0) is 16.5 Å². The summed E-state index contributed by atoms with van der Waals surface area (Å²) in [4.78, 5) is 0. The molecule has 1 aromatic heterocycles. The average molecular weight is 228 g/mol. The van der Waals surface area contributed by atoms with Crippen molar-refractivity contribution in [2.24, 2.45) is 7.05 Å². The third-order valence-electron chi connectivity index (χ3n) is 2.24. The Bertz CT molecular complexity index is 325. The molecule has 3 N–H and O–H groups in total. The molecular weight excluding hydrogens is 208 g/mol. The van der Waals surface area contributed by atoms with Crippen molar-refractivity contribution in [3.63, 3.8) is 0 Å². The first-order chi connectivity index (χ1) is 7.66. The van der Waals surface area contributed by atoms with E-state index in [0.717, 1.165) is 11.5 Å². The van der Waals surface area contributed by atoms with Gasteiger partial charge in [0.15, 0.2) is 0 Å². The van der Waals surface area contributed by atoms with Gasteiger partial charge in [0, 0.05) is 20.7 Å². The lowest BCUT2D eigenvalue weighted by atomic mass is 10.4. The highest BCUT2D eigenvalue weighted by Gasteiger charge is 2.08. The number of rotatable bonds is 7. The van der Waals surface area contributed by atoms with Crippen molar-refractivity contribution in [1.82, 2.24) is 9.78 Å². The van der Waals surface area contributed by atoms with E-state index in [4.69, 9.17) is 15.2 Å². The zero-order valence-electron chi connectivity index (χ0n) is 10.1. The molecule has 0 fully saturated rings. The van der Waals surface area contributed by atoms with Crippen molar-refractivity contribution in [3.8, 4) is 0 Å². The molecule has 0 bridgehead atoms. The Hall–Kier alpha value is -1.27. The molecule has 0 aliphatic heterocycles. The fourth-order valence-electron chi connectivity index (χ4n) is 1.37. The van der Waals surface area contributed by atoms with E-state index in [-0.39, 0.29) is 0 Å². The number of aromatic nitrogens is 2. The maximum atomic E-state index is 5.86. The van der Waals surface area contributed by atoms with Crippen molar-refractivity contribution in [2.75, 3.05) is 44.5 Å². The van der Waals surface area contributed by atoms with Crippen LogP contribution in [0.5, 0.6) is 0 Å². The van der Waals surface area contributed by atoms with Crippen molar-refractivity contribution < 1.29 is 9.47 Å². The second-order valence-corrected chi connectivity index (χ2v) is 3.50. The van der Waals surface area contributed by atoms with Gasteiger partial charge in [-0.2, -0.15) is 5.10 Å². The molecule has 0 saturated carbocycles. The summed E-state index contributed by atoms with van der Waals surface area (Å²) in [6.45, 7) is 4.43. The number of nitrogens with two attached hydrogens (primary N) is 1. The Balaban J connectivity index is 2.26. The maximum Gasteiger partial charge on any atom is 0.147 e. The minimum atomic E-state index is 0.609. The highest BCUT2D eigenvalue weighted by Crippen LogP contribution is 2.20. The van der Waals surface area contributed by atoms with Crippen LogP contribution in [-0.4, -0.2) is 43.3 Å². The zero-order valence-corrected chi connectivity index (χ0v) is 10.1. The third kappa shape index (κ3) is 3.39. The molecule has 1 heterocycles. The lowest BCUT2D eigenvalue weighted by Crippen LogP contribution is -2.14. The number of nitrogens with zero attached hydrogens (tertiary/aromatic N) is 2. The number of methoxy groups -OCH3 is 1. The van der Waals surface area contributed by atoms with Crippen LogP contribution in [0.15, 0.2) is 0 Å². The van der Waals surface area contributed by atoms with Crippen LogP contribution in [0, 0.1) is 6.92 Å². The van der Waals surface area contributed by atoms with Crippen molar-refractivity contribution in [3.05, 3.63) is 5.69 Å². The number of anilines is 2. The standard InChI is InChI=1S/C10H20N4O2/c1-8-9(11)10(14(2)13-8)12-4-5-16-7-6-15-3/h12H,4-7,11H2,1-3H3. The van der Waals surface area contributed by atoms with E-state index in [0.29, 0.717) is 32.1 Å². The number of ether oxygens (including phenoxy) is 2. The molecule has 1 rings (SSSR count). The summed E-state index contributed by atoms with van der Waals surface area (Å²) < 4.78 is 11.9. The van der Waals surface area contributed by atoms with E-state index in [9.17, 15) is 0 Å². The van der Waals surface area contributed by atoms with Gasteiger partial charge >= 0.3 is 0 Å². The molecule has 92 valence electrons. The fraction of sp³-hybridized carbons (Fsp3) is 0.700.